The normalized spacial score (nSPS) is 15.9. The van der Waals surface area contributed by atoms with Gasteiger partial charge >= 0.3 is 5.97 Å². The van der Waals surface area contributed by atoms with E-state index in [2.05, 4.69) is 15.3 Å². The van der Waals surface area contributed by atoms with Crippen LogP contribution in [0.3, 0.4) is 0 Å². The lowest BCUT2D eigenvalue weighted by Gasteiger charge is -2.16. The van der Waals surface area contributed by atoms with Crippen molar-refractivity contribution in [3.05, 3.63) is 18.0 Å². The van der Waals surface area contributed by atoms with E-state index < -0.39 is 0 Å². The number of esters is 1. The molecule has 1 saturated carbocycles. The van der Waals surface area contributed by atoms with Crippen LogP contribution < -0.4 is 5.32 Å². The summed E-state index contributed by atoms with van der Waals surface area (Å²) in [5.41, 5.74) is 1.05. The van der Waals surface area contributed by atoms with Gasteiger partial charge in [0.15, 0.2) is 5.16 Å². The Balaban J connectivity index is 1.78. The molecule has 1 aliphatic rings. The van der Waals surface area contributed by atoms with Crippen molar-refractivity contribution in [2.45, 2.75) is 50.4 Å². The summed E-state index contributed by atoms with van der Waals surface area (Å²) in [6, 6.07) is 0.283. The highest BCUT2D eigenvalue weighted by atomic mass is 32.2. The van der Waals surface area contributed by atoms with Crippen molar-refractivity contribution in [3.8, 4) is 0 Å². The fourth-order valence-corrected chi connectivity index (χ4v) is 2.56. The van der Waals surface area contributed by atoms with Crippen LogP contribution in [0.1, 0.15) is 31.7 Å². The van der Waals surface area contributed by atoms with E-state index in [1.807, 2.05) is 13.8 Å². The number of hydrogen-bond acceptors (Lipinski definition) is 6. The monoisotopic (exact) mass is 295 g/mol. The van der Waals surface area contributed by atoms with E-state index in [1.54, 1.807) is 24.2 Å². The zero-order valence-electron chi connectivity index (χ0n) is 12.0. The number of ether oxygens (including phenoxy) is 1. The number of thioether (sulfide) groups is 1. The van der Waals surface area contributed by atoms with E-state index in [1.165, 1.54) is 0 Å². The maximum absolute atomic E-state index is 11.9. The molecule has 5 nitrogen and oxygen atoms in total. The lowest BCUT2D eigenvalue weighted by molar-refractivity contribution is -0.145. The first-order valence-corrected chi connectivity index (χ1v) is 8.01. The minimum Gasteiger partial charge on any atom is -0.465 e. The summed E-state index contributed by atoms with van der Waals surface area (Å²) in [7, 11) is 0. The van der Waals surface area contributed by atoms with Crippen LogP contribution in [-0.2, 0) is 9.53 Å². The zero-order chi connectivity index (χ0) is 14.4. The fourth-order valence-electron chi connectivity index (χ4n) is 1.77. The Labute approximate surface area is 123 Å². The average Bonchev–Trinajstić information content (AvgIpc) is 3.24. The molecule has 0 spiro atoms. The third-order valence-electron chi connectivity index (χ3n) is 2.98. The Morgan fingerprint density at radius 3 is 2.80 bits per heavy atom. The maximum Gasteiger partial charge on any atom is 0.323 e. The molecule has 110 valence electrons. The van der Waals surface area contributed by atoms with Crippen molar-refractivity contribution >= 4 is 17.7 Å². The number of aryl methyl sites for hydroxylation is 1. The topological polar surface area (TPSA) is 64.1 Å². The van der Waals surface area contributed by atoms with Gasteiger partial charge < -0.3 is 10.1 Å². The zero-order valence-corrected chi connectivity index (χ0v) is 12.8. The van der Waals surface area contributed by atoms with E-state index in [9.17, 15) is 4.79 Å². The quantitative estimate of drug-likeness (QED) is 0.449. The number of rotatable bonds is 8. The highest BCUT2D eigenvalue weighted by Gasteiger charge is 2.28. The summed E-state index contributed by atoms with van der Waals surface area (Å²) in [6.07, 6.45) is 6.66. The molecule has 1 aromatic heterocycles. The first kappa shape index (κ1) is 15.3. The Morgan fingerprint density at radius 1 is 1.50 bits per heavy atom. The fraction of sp³-hybridized carbons (Fsp3) is 0.643. The van der Waals surface area contributed by atoms with Gasteiger partial charge in [-0.2, -0.15) is 0 Å². The molecule has 20 heavy (non-hydrogen) atoms. The summed E-state index contributed by atoms with van der Waals surface area (Å²) in [4.78, 5) is 20.4. The molecular weight excluding hydrogens is 274 g/mol. The molecule has 0 bridgehead atoms. The minimum atomic E-state index is -0.208. The van der Waals surface area contributed by atoms with Gasteiger partial charge in [0.1, 0.15) is 6.04 Å². The predicted octanol–water partition coefficient (Wildman–Crippen LogP) is 1.95. The Kier molecular flexibility index (Phi) is 5.79. The van der Waals surface area contributed by atoms with Crippen LogP contribution >= 0.6 is 11.8 Å². The van der Waals surface area contributed by atoms with Gasteiger partial charge in [-0.1, -0.05) is 11.8 Å². The van der Waals surface area contributed by atoms with Crippen molar-refractivity contribution in [1.82, 2.24) is 15.3 Å². The number of carbonyl (C=O) groups excluding carboxylic acids is 1. The molecule has 0 amide bonds. The number of aromatic nitrogens is 2. The van der Waals surface area contributed by atoms with Crippen LogP contribution in [-0.4, -0.2) is 40.4 Å². The summed E-state index contributed by atoms with van der Waals surface area (Å²) in [6.45, 7) is 4.22. The largest absolute Gasteiger partial charge is 0.465 e. The van der Waals surface area contributed by atoms with Crippen molar-refractivity contribution in [1.29, 1.82) is 0 Å². The van der Waals surface area contributed by atoms with E-state index in [-0.39, 0.29) is 12.0 Å². The van der Waals surface area contributed by atoms with E-state index in [0.717, 1.165) is 35.7 Å². The van der Waals surface area contributed by atoms with Crippen molar-refractivity contribution in [2.75, 3.05) is 12.4 Å². The van der Waals surface area contributed by atoms with Crippen molar-refractivity contribution in [3.63, 3.8) is 0 Å². The summed E-state index contributed by atoms with van der Waals surface area (Å²) in [5, 5.41) is 4.10. The van der Waals surface area contributed by atoms with E-state index in [0.29, 0.717) is 12.6 Å². The average molecular weight is 295 g/mol. The Hall–Kier alpha value is -1.14. The molecule has 0 aliphatic heterocycles. The second-order valence-electron chi connectivity index (χ2n) is 4.93. The van der Waals surface area contributed by atoms with Gasteiger partial charge in [-0.15, -0.1) is 0 Å². The van der Waals surface area contributed by atoms with Crippen LogP contribution in [0.2, 0.25) is 0 Å². The molecule has 6 heteroatoms. The molecule has 1 aliphatic carbocycles. The lowest BCUT2D eigenvalue weighted by Crippen LogP contribution is -2.39. The van der Waals surface area contributed by atoms with Crippen LogP contribution in [0.5, 0.6) is 0 Å². The second-order valence-corrected chi connectivity index (χ2v) is 5.99. The highest BCUT2D eigenvalue weighted by Crippen LogP contribution is 2.21. The summed E-state index contributed by atoms with van der Waals surface area (Å²) in [5.74, 6) is 0.650. The molecule has 0 radical (unpaired) electrons. The van der Waals surface area contributed by atoms with Gasteiger partial charge in [-0.05, 0) is 38.7 Å². The van der Waals surface area contributed by atoms with Gasteiger partial charge in [0.2, 0.25) is 0 Å². The molecule has 1 unspecified atom stereocenters. The van der Waals surface area contributed by atoms with Crippen molar-refractivity contribution in [2.24, 2.45) is 0 Å². The van der Waals surface area contributed by atoms with Crippen molar-refractivity contribution < 1.29 is 9.53 Å². The summed E-state index contributed by atoms with van der Waals surface area (Å²) >= 11 is 1.57. The third-order valence-corrected chi connectivity index (χ3v) is 3.89. The van der Waals surface area contributed by atoms with E-state index in [4.69, 9.17) is 4.74 Å². The summed E-state index contributed by atoms with van der Waals surface area (Å²) < 4.78 is 5.11. The van der Waals surface area contributed by atoms with Gasteiger partial charge in [0.05, 0.1) is 6.61 Å². The standard InChI is InChI=1S/C14H21N3O2S/c1-3-19-13(18)12(17-11-4-5-11)6-7-20-14-15-8-10(2)9-16-14/h8-9,11-12,17H,3-7H2,1-2H3. The smallest absolute Gasteiger partial charge is 0.323 e. The Morgan fingerprint density at radius 2 is 2.20 bits per heavy atom. The van der Waals surface area contributed by atoms with Crippen LogP contribution in [0.4, 0.5) is 0 Å². The van der Waals surface area contributed by atoms with Crippen LogP contribution in [0, 0.1) is 6.92 Å². The first-order valence-electron chi connectivity index (χ1n) is 7.03. The lowest BCUT2D eigenvalue weighted by atomic mass is 10.2. The van der Waals surface area contributed by atoms with Crippen LogP contribution in [0.25, 0.3) is 0 Å². The first-order chi connectivity index (χ1) is 9.69. The molecule has 2 rings (SSSR count). The maximum atomic E-state index is 11.9. The Bertz CT molecular complexity index is 435. The highest BCUT2D eigenvalue weighted by molar-refractivity contribution is 7.99. The third kappa shape index (κ3) is 5.09. The van der Waals surface area contributed by atoms with Gasteiger partial charge in [0, 0.05) is 24.2 Å². The van der Waals surface area contributed by atoms with Gasteiger partial charge in [0.25, 0.3) is 0 Å². The van der Waals surface area contributed by atoms with Gasteiger partial charge in [-0.3, -0.25) is 4.79 Å². The molecule has 0 saturated heterocycles. The van der Waals surface area contributed by atoms with Gasteiger partial charge in [-0.25, -0.2) is 9.97 Å². The SMILES string of the molecule is CCOC(=O)C(CCSc1ncc(C)cn1)NC1CC1. The number of hydrogen-bond donors (Lipinski definition) is 1. The van der Waals surface area contributed by atoms with Crippen LogP contribution in [0.15, 0.2) is 17.6 Å². The second kappa shape index (κ2) is 7.59. The number of nitrogens with zero attached hydrogens (tertiary/aromatic N) is 2. The van der Waals surface area contributed by atoms with E-state index >= 15 is 0 Å². The minimum absolute atomic E-state index is 0.148. The predicted molar refractivity (Wildman–Crippen MR) is 78.7 cm³/mol. The molecule has 1 aromatic rings. The number of nitrogens with one attached hydrogen (secondary N) is 1. The molecule has 1 N–H and O–H groups in total. The molecule has 1 heterocycles. The molecule has 1 fully saturated rings. The number of carbonyl (C=O) groups is 1. The molecular formula is C14H21N3O2S. The molecule has 1 atom stereocenters. The molecule has 0 aromatic carbocycles.